The van der Waals surface area contributed by atoms with Gasteiger partial charge in [0.15, 0.2) is 0 Å². The van der Waals surface area contributed by atoms with E-state index in [0.29, 0.717) is 5.56 Å². The lowest BCUT2D eigenvalue weighted by Crippen LogP contribution is -2.60. The summed E-state index contributed by atoms with van der Waals surface area (Å²) >= 11 is 0. The number of aliphatic carboxylic acids is 1. The van der Waals surface area contributed by atoms with Crippen LogP contribution in [-0.2, 0) is 36.8 Å². The topological polar surface area (TPSA) is 246 Å². The molecule has 0 saturated carbocycles. The summed E-state index contributed by atoms with van der Waals surface area (Å²) in [5.41, 5.74) is 12.8. The quantitative estimate of drug-likeness (QED) is 0.0967. The predicted molar refractivity (Wildman–Crippen MR) is 174 cm³/mol. The van der Waals surface area contributed by atoms with Crippen molar-refractivity contribution in [2.75, 3.05) is 6.61 Å². The molecule has 47 heavy (non-hydrogen) atoms. The third-order valence-corrected chi connectivity index (χ3v) is 7.17. The van der Waals surface area contributed by atoms with Gasteiger partial charge in [-0.25, -0.2) is 4.79 Å². The molecular weight excluding hydrogens is 608 g/mol. The SMILES string of the molecule is CC(C)C[C@H](NC(=O)[C@@H](N)Cc1ccccc1)C(=O)N[C@@H](CO)C(=O)N[C@@H](Cc1ccc(O)cc1)C(=O)N[C@@H](CC/C=C/N)C(=O)O. The number of phenolic OH excluding ortho intramolecular Hbond substituents is 1. The Morgan fingerprint density at radius 2 is 1.28 bits per heavy atom. The summed E-state index contributed by atoms with van der Waals surface area (Å²) in [6.45, 7) is 2.84. The molecular formula is C33H46N6O8. The molecule has 2 aromatic carbocycles. The van der Waals surface area contributed by atoms with Crippen LogP contribution in [0.2, 0.25) is 0 Å². The molecule has 0 aromatic heterocycles. The Balaban J connectivity index is 2.19. The van der Waals surface area contributed by atoms with Crippen molar-refractivity contribution in [2.24, 2.45) is 17.4 Å². The standard InChI is InChI=1S/C33H46N6O8/c1-20(2)16-26(37-29(42)24(35)17-21-8-4-3-5-9-21)30(43)39-28(19-40)32(45)38-27(18-22-11-13-23(41)14-12-22)31(44)36-25(33(46)47)10-6-7-15-34/h3-5,7-9,11-15,20,24-28,40-41H,6,10,16-19,34-35H2,1-2H3,(H,36,44)(H,37,42)(H,38,45)(H,39,43)(H,46,47)/b15-7+/t24-,25-,26-,27-,28-/m0/s1. The van der Waals surface area contributed by atoms with Gasteiger partial charge in [0.25, 0.3) is 0 Å². The van der Waals surface area contributed by atoms with Crippen molar-refractivity contribution in [2.45, 2.75) is 76.2 Å². The second-order valence-electron chi connectivity index (χ2n) is 11.6. The van der Waals surface area contributed by atoms with E-state index < -0.39 is 66.4 Å². The number of carboxylic acid groups (broad SMARTS) is 1. The molecule has 0 radical (unpaired) electrons. The minimum Gasteiger partial charge on any atom is -0.508 e. The molecule has 0 spiro atoms. The normalized spacial score (nSPS) is 14.4. The van der Waals surface area contributed by atoms with Crippen molar-refractivity contribution in [1.29, 1.82) is 0 Å². The Hall–Kier alpha value is -4.95. The van der Waals surface area contributed by atoms with Crippen LogP contribution in [0, 0.1) is 5.92 Å². The highest BCUT2D eigenvalue weighted by Gasteiger charge is 2.32. The zero-order chi connectivity index (χ0) is 34.9. The van der Waals surface area contributed by atoms with Crippen LogP contribution < -0.4 is 32.7 Å². The Labute approximate surface area is 274 Å². The first kappa shape index (κ1) is 38.2. The molecule has 11 N–H and O–H groups in total. The van der Waals surface area contributed by atoms with Gasteiger partial charge in [0.05, 0.1) is 12.6 Å². The number of aliphatic hydroxyl groups excluding tert-OH is 1. The number of carbonyl (C=O) groups is 5. The van der Waals surface area contributed by atoms with Gasteiger partial charge in [-0.2, -0.15) is 0 Å². The summed E-state index contributed by atoms with van der Waals surface area (Å²) in [6.07, 6.45) is 3.43. The minimum atomic E-state index is -1.52. The number of carbonyl (C=O) groups excluding carboxylic acids is 4. The summed E-state index contributed by atoms with van der Waals surface area (Å²) in [5, 5.41) is 39.3. The van der Waals surface area contributed by atoms with Crippen LogP contribution in [0.25, 0.3) is 0 Å². The zero-order valence-corrected chi connectivity index (χ0v) is 26.6. The van der Waals surface area contributed by atoms with Crippen molar-refractivity contribution < 1.29 is 39.3 Å². The second kappa shape index (κ2) is 19.5. The molecule has 256 valence electrons. The van der Waals surface area contributed by atoms with Crippen molar-refractivity contribution in [3.05, 3.63) is 78.0 Å². The number of phenols is 1. The smallest absolute Gasteiger partial charge is 0.326 e. The fourth-order valence-electron chi connectivity index (χ4n) is 4.65. The van der Waals surface area contributed by atoms with Gasteiger partial charge in [0.1, 0.15) is 29.9 Å². The third kappa shape index (κ3) is 13.5. The summed E-state index contributed by atoms with van der Waals surface area (Å²) in [5.74, 6) is -4.42. The Morgan fingerprint density at radius 3 is 1.85 bits per heavy atom. The number of allylic oxidation sites excluding steroid dienone is 1. The van der Waals surface area contributed by atoms with Gasteiger partial charge < -0.3 is 48.1 Å². The first-order chi connectivity index (χ1) is 22.3. The number of nitrogens with one attached hydrogen (secondary N) is 4. The molecule has 0 saturated heterocycles. The summed E-state index contributed by atoms with van der Waals surface area (Å²) in [6, 6.07) is 8.77. The van der Waals surface area contributed by atoms with Crippen LogP contribution >= 0.6 is 0 Å². The molecule has 0 unspecified atom stereocenters. The molecule has 0 aliphatic rings. The third-order valence-electron chi connectivity index (χ3n) is 7.17. The lowest BCUT2D eigenvalue weighted by Gasteiger charge is -2.26. The average Bonchev–Trinajstić information content (AvgIpc) is 3.03. The molecule has 5 atom stereocenters. The number of hydrogen-bond acceptors (Lipinski definition) is 9. The van der Waals surface area contributed by atoms with Gasteiger partial charge in [-0.05, 0) is 61.1 Å². The van der Waals surface area contributed by atoms with Crippen molar-refractivity contribution >= 4 is 29.6 Å². The number of amides is 4. The average molecular weight is 655 g/mol. The molecule has 0 fully saturated rings. The Kier molecular flexibility index (Phi) is 15.9. The van der Waals surface area contributed by atoms with E-state index in [1.165, 1.54) is 36.5 Å². The zero-order valence-electron chi connectivity index (χ0n) is 26.6. The van der Waals surface area contributed by atoms with Crippen molar-refractivity contribution in [3.8, 4) is 5.75 Å². The largest absolute Gasteiger partial charge is 0.508 e. The first-order valence-corrected chi connectivity index (χ1v) is 15.3. The number of hydrogen-bond donors (Lipinski definition) is 9. The molecule has 2 aromatic rings. The van der Waals surface area contributed by atoms with Crippen LogP contribution in [0.1, 0.15) is 44.2 Å². The van der Waals surface area contributed by atoms with E-state index >= 15 is 0 Å². The number of benzene rings is 2. The molecule has 4 amide bonds. The summed E-state index contributed by atoms with van der Waals surface area (Å²) < 4.78 is 0. The highest BCUT2D eigenvalue weighted by Crippen LogP contribution is 2.13. The van der Waals surface area contributed by atoms with E-state index in [0.717, 1.165) is 5.56 Å². The first-order valence-electron chi connectivity index (χ1n) is 15.3. The van der Waals surface area contributed by atoms with Crippen LogP contribution in [0.15, 0.2) is 66.9 Å². The molecule has 0 aliphatic carbocycles. The van der Waals surface area contributed by atoms with E-state index in [9.17, 15) is 39.3 Å². The van der Waals surface area contributed by atoms with Gasteiger partial charge in [-0.15, -0.1) is 0 Å². The maximum Gasteiger partial charge on any atom is 0.326 e. The lowest BCUT2D eigenvalue weighted by molar-refractivity contribution is -0.142. The molecule has 14 heteroatoms. The second-order valence-corrected chi connectivity index (χ2v) is 11.6. The number of rotatable bonds is 19. The molecule has 0 aliphatic heterocycles. The Morgan fingerprint density at radius 1 is 0.745 bits per heavy atom. The number of aliphatic hydroxyl groups is 1. The maximum atomic E-state index is 13.3. The van der Waals surface area contributed by atoms with Crippen molar-refractivity contribution in [1.82, 2.24) is 21.3 Å². The highest BCUT2D eigenvalue weighted by atomic mass is 16.4. The predicted octanol–water partition coefficient (Wildman–Crippen LogP) is -0.180. The Bertz CT molecular complexity index is 1350. The van der Waals surface area contributed by atoms with Gasteiger partial charge in [0, 0.05) is 6.42 Å². The highest BCUT2D eigenvalue weighted by molar-refractivity contribution is 5.95. The monoisotopic (exact) mass is 654 g/mol. The molecule has 0 heterocycles. The fraction of sp³-hybridized carbons (Fsp3) is 0.424. The molecule has 2 rings (SSSR count). The van der Waals surface area contributed by atoms with Crippen LogP contribution in [0.5, 0.6) is 5.75 Å². The van der Waals surface area contributed by atoms with Gasteiger partial charge in [-0.1, -0.05) is 62.4 Å². The van der Waals surface area contributed by atoms with E-state index in [4.69, 9.17) is 11.5 Å². The van der Waals surface area contributed by atoms with E-state index in [-0.39, 0.29) is 43.8 Å². The van der Waals surface area contributed by atoms with E-state index in [2.05, 4.69) is 21.3 Å². The number of nitrogens with two attached hydrogens (primary N) is 2. The van der Waals surface area contributed by atoms with E-state index in [1.54, 1.807) is 0 Å². The molecule has 0 bridgehead atoms. The van der Waals surface area contributed by atoms with E-state index in [1.807, 2.05) is 44.2 Å². The molecule has 14 nitrogen and oxygen atoms in total. The van der Waals surface area contributed by atoms with Crippen LogP contribution in [0.4, 0.5) is 0 Å². The van der Waals surface area contributed by atoms with Crippen LogP contribution in [0.3, 0.4) is 0 Å². The number of aromatic hydroxyl groups is 1. The van der Waals surface area contributed by atoms with Crippen LogP contribution in [-0.4, -0.2) is 81.7 Å². The summed E-state index contributed by atoms with van der Waals surface area (Å²) in [7, 11) is 0. The lowest BCUT2D eigenvalue weighted by atomic mass is 10.0. The maximum absolute atomic E-state index is 13.3. The minimum absolute atomic E-state index is 0.0233. The van der Waals surface area contributed by atoms with Gasteiger partial charge in [0.2, 0.25) is 23.6 Å². The van der Waals surface area contributed by atoms with Crippen molar-refractivity contribution in [3.63, 3.8) is 0 Å². The van der Waals surface area contributed by atoms with Gasteiger partial charge >= 0.3 is 5.97 Å². The number of carboxylic acids is 1. The van der Waals surface area contributed by atoms with Gasteiger partial charge in [-0.3, -0.25) is 19.2 Å². The fourth-order valence-corrected chi connectivity index (χ4v) is 4.65. The summed E-state index contributed by atoms with van der Waals surface area (Å²) in [4.78, 5) is 64.6.